The number of para-hydroxylation sites is 1. The van der Waals surface area contributed by atoms with Crippen molar-refractivity contribution in [3.8, 4) is 58.2 Å². The van der Waals surface area contributed by atoms with Gasteiger partial charge < -0.3 is 120 Å². The maximum atomic E-state index is 12.4. The molecule has 755 valence electrons. The Bertz CT molecular complexity index is 5640. The van der Waals surface area contributed by atoms with Gasteiger partial charge in [-0.05, 0) is 166 Å². The van der Waals surface area contributed by atoms with Crippen molar-refractivity contribution in [1.82, 2.24) is 36.6 Å². The summed E-state index contributed by atoms with van der Waals surface area (Å²) in [5.41, 5.74) is 9.39. The van der Waals surface area contributed by atoms with Crippen LogP contribution in [-0.2, 0) is 229 Å². The third-order valence-electron chi connectivity index (χ3n) is 26.4. The third kappa shape index (κ3) is 39.3. The van der Waals surface area contributed by atoms with Crippen molar-refractivity contribution in [2.75, 3.05) is 72.4 Å². The number of aliphatic hydroxyl groups excluding tert-OH is 3. The summed E-state index contributed by atoms with van der Waals surface area (Å²) in [6.45, 7) is 23.1. The monoisotopic (exact) mass is 2400 g/mol. The van der Waals surface area contributed by atoms with E-state index < -0.39 is 12.2 Å². The van der Waals surface area contributed by atoms with E-state index in [9.17, 15) is 44.4 Å². The zero-order chi connectivity index (χ0) is 98.5. The number of phenols is 1. The van der Waals surface area contributed by atoms with Gasteiger partial charge in [0.2, 0.25) is 29.5 Å². The topological polar surface area (TPSA) is 308 Å². The van der Waals surface area contributed by atoms with Gasteiger partial charge in [0, 0.05) is 262 Å². The fraction of sp³-hybridized carbons (Fsp3) is 0.451. The van der Waals surface area contributed by atoms with E-state index in [1.165, 1.54) is 56.9 Å². The summed E-state index contributed by atoms with van der Waals surface area (Å²) < 4.78 is 35.6. The number of carbonyl (C=O) groups excluding carboxylic acids is 5. The van der Waals surface area contributed by atoms with Gasteiger partial charge in [-0.15, -0.1) is 28.3 Å². The molecule has 1 aliphatic carbocycles. The average molecular weight is 2400 g/mol. The van der Waals surface area contributed by atoms with E-state index in [0.29, 0.717) is 103 Å². The van der Waals surface area contributed by atoms with E-state index in [0.717, 1.165) is 143 Å². The molecule has 3 aromatic heterocycles. The molecule has 9 N–H and O–H groups in total. The molecule has 5 radical (unpaired) electrons. The number of aromatic hydroxyl groups is 1. The summed E-state index contributed by atoms with van der Waals surface area (Å²) in [5.74, 6) is 17.2. The number of nitrogens with zero attached hydrogens (tertiary/aromatic N) is 2. The Morgan fingerprint density at radius 1 is 0.590 bits per heavy atom. The molecule has 6 fully saturated rings. The number of ether oxygens (including phenoxy) is 6. The van der Waals surface area contributed by atoms with Crippen LogP contribution < -0.4 is 50.3 Å². The van der Waals surface area contributed by atoms with Gasteiger partial charge in [0.05, 0.1) is 82.1 Å². The van der Waals surface area contributed by atoms with Crippen LogP contribution in [0.4, 0.5) is 0 Å². The van der Waals surface area contributed by atoms with Crippen LogP contribution in [-0.4, -0.2) is 132 Å². The molecule has 8 heterocycles. The summed E-state index contributed by atoms with van der Waals surface area (Å²) >= 11 is 6.05. The maximum absolute atomic E-state index is 12.4. The molecule has 0 bridgehead atoms. The quantitative estimate of drug-likeness (QED) is 0.00982. The van der Waals surface area contributed by atoms with Crippen molar-refractivity contribution >= 4 is 75.3 Å². The number of phenolic OH excluding ortho intramolecular Hbond substituents is 1. The second-order valence-electron chi connectivity index (χ2n) is 38.1. The molecule has 31 heteroatoms. The Morgan fingerprint density at radius 3 is 1.77 bits per heavy atom. The van der Waals surface area contributed by atoms with Crippen molar-refractivity contribution < 1.29 is 236 Å². The number of amides is 5. The first kappa shape index (κ1) is 125. The summed E-state index contributed by atoms with van der Waals surface area (Å²) in [6, 6.07) is 57.6. The minimum Gasteiger partial charge on any atom is -0.504 e. The van der Waals surface area contributed by atoms with Crippen LogP contribution in [0.25, 0.3) is 0 Å². The molecule has 5 aliphatic heterocycles. The van der Waals surface area contributed by atoms with Gasteiger partial charge in [0.25, 0.3) is 0 Å². The number of thiazole rings is 2. The number of unbranched alkanes of at least 4 members (excludes halogenated alkanes) is 2. The number of benzene rings is 7. The second kappa shape index (κ2) is 65.7. The van der Waals surface area contributed by atoms with E-state index in [1.807, 2.05) is 160 Å². The van der Waals surface area contributed by atoms with Gasteiger partial charge in [-0.3, -0.25) is 30.2 Å². The number of thioether (sulfide) groups is 1. The summed E-state index contributed by atoms with van der Waals surface area (Å²) in [7, 11) is 0. The van der Waals surface area contributed by atoms with Crippen molar-refractivity contribution in [2.24, 2.45) is 64.6 Å². The smallest absolute Gasteiger partial charge is 0.228 e. The molecule has 1 saturated carbocycles. The van der Waals surface area contributed by atoms with Crippen molar-refractivity contribution in [2.45, 2.75) is 188 Å². The Hall–Kier alpha value is -5.52. The normalized spacial score (nSPS) is 19.5. The molecule has 10 aromatic rings. The zero-order valence-electron chi connectivity index (χ0n) is 84.0. The predicted octanol–water partition coefficient (Wildman–Crippen LogP) is 18.8. The molecular weight excluding hydrogens is 2270 g/mol. The maximum Gasteiger partial charge on any atom is 0.228 e. The van der Waals surface area contributed by atoms with Crippen LogP contribution >= 0.6 is 45.8 Å². The van der Waals surface area contributed by atoms with E-state index in [1.54, 1.807) is 22.9 Å². The van der Waals surface area contributed by atoms with E-state index >= 15 is 0 Å². The molecular formula is C113H134N7O15S4Y5-5. The Kier molecular flexibility index (Phi) is 57.2. The van der Waals surface area contributed by atoms with Crippen LogP contribution in [0.5, 0.6) is 34.5 Å². The number of thiophene rings is 1. The Labute approximate surface area is 994 Å². The van der Waals surface area contributed by atoms with Crippen molar-refractivity contribution in [3.05, 3.63) is 276 Å². The molecule has 144 heavy (non-hydrogen) atoms. The molecule has 5 saturated heterocycles. The van der Waals surface area contributed by atoms with Gasteiger partial charge in [-0.2, -0.15) is 41.8 Å². The fourth-order valence-electron chi connectivity index (χ4n) is 18.1. The molecule has 6 aliphatic rings. The fourth-order valence-corrected chi connectivity index (χ4v) is 20.1. The van der Waals surface area contributed by atoms with Gasteiger partial charge in [-0.25, -0.2) is 17.4 Å². The van der Waals surface area contributed by atoms with Crippen LogP contribution in [0.3, 0.4) is 0 Å². The second-order valence-corrected chi connectivity index (χ2v) is 41.5. The van der Waals surface area contributed by atoms with Gasteiger partial charge >= 0.3 is 0 Å². The minimum absolute atomic E-state index is 0. The number of aliphatic hydroxyl groups is 3. The molecule has 0 spiro atoms. The largest absolute Gasteiger partial charge is 0.504 e. The van der Waals surface area contributed by atoms with E-state index in [4.69, 9.17) is 28.4 Å². The van der Waals surface area contributed by atoms with Gasteiger partial charge in [-0.1, -0.05) is 195 Å². The molecule has 12 atom stereocenters. The molecule has 5 amide bonds. The zero-order valence-corrected chi connectivity index (χ0v) is 101. The first-order valence-corrected chi connectivity index (χ1v) is 52.3. The first-order valence-electron chi connectivity index (χ1n) is 48.6. The number of hydrogen-bond donors (Lipinski definition) is 9. The van der Waals surface area contributed by atoms with Gasteiger partial charge in [0.1, 0.15) is 23.0 Å². The summed E-state index contributed by atoms with van der Waals surface area (Å²) in [6.07, 6.45) is 20.8. The SMILES string of the molecule is CC(C)(C)Cc1cccc(OC[C@H]2CNC(=O)[C@@H]2CC#Cc2nc[c-]s2)c1.CC(C)C(O)c1cccc(OC[C@H]2CNC(=O)[C@@H]2COCc2n[c-]cs2)c1.CCC1(c2cccc(OC[C@H]3CNC(=O)[C@@H]3CC#Cc3cc[c-]cc3)c2O)CCC1.CCCCCC(O)c1ccc(OC[C@H]2CNC(=O)[C@@H]2CCCc2cc[c-]s2)cc1.[CH2-]SCc1cccc([C@H]2C(=O)NC[C@@H]2COc2ccc(CO)c(C)c2)c1.[Y].[Y].[Y].[Y].[Y]. The molecule has 2 unspecified atom stereocenters. The Morgan fingerprint density at radius 2 is 1.17 bits per heavy atom. The number of hydrogen-bond acceptors (Lipinski definition) is 21. The van der Waals surface area contributed by atoms with Crippen LogP contribution in [0, 0.1) is 124 Å². The molecule has 7 aromatic carbocycles. The van der Waals surface area contributed by atoms with E-state index in [-0.39, 0.29) is 281 Å². The van der Waals surface area contributed by atoms with Crippen molar-refractivity contribution in [3.63, 3.8) is 0 Å². The number of aromatic nitrogens is 2. The number of nitrogens with one attached hydrogen (secondary N) is 5. The minimum atomic E-state index is -0.521. The van der Waals surface area contributed by atoms with Crippen LogP contribution in [0.15, 0.2) is 181 Å². The van der Waals surface area contributed by atoms with Crippen molar-refractivity contribution in [1.29, 1.82) is 0 Å². The predicted molar refractivity (Wildman–Crippen MR) is 548 cm³/mol. The Balaban J connectivity index is 0.000000242. The average Bonchev–Trinajstić information content (AvgIpc) is 1.18. The molecule has 22 nitrogen and oxygen atoms in total. The van der Waals surface area contributed by atoms with Crippen LogP contribution in [0.1, 0.15) is 209 Å². The number of aryl methyl sites for hydroxylation is 2. The van der Waals surface area contributed by atoms with Crippen LogP contribution in [0.2, 0.25) is 0 Å². The standard InChI is InChI=1S/C26H28NO3.C24H32NO3S.C22H25N2O2S.C21H24NO3S.C20H25N2O4S.5Y/c1-2-26(15-8-16-26)22-13-7-14-23(24(22)28)30-18-20-17-27-25(29)21(20)12-6-11-19-9-4-3-5-10-19;1-2-3-4-10-23(26)18-11-13-20(14-12-18)28-17-19-16-25-24(27)22(19)9-5-7-21-8-6-15-29-21;1-22(2,3)13-16-6-4-7-18(12-16)26-15-17-14-24-21(25)19(17)8-5-9-20-23-10-11-27-20;1-14-8-19(7-6-17(14)11-23)25-12-18-10-22-21(24)20(18)16-5-3-4-15(9-16)13-26-2;1-13(2)19(23)14-4-3-5-16(8-14)26-10-15-9-22-20(24)17(15)11-25-12-18-21-6-7-27-18;;;;;/h4-5,7,9-10,13-14,20-21,28H,2,8,12,15-18H2,1H3,(H,27,29);6,8,11-14,19,22-23,26H,2-5,7,9-10,16-17H2,1H3,(H,25,27);4,6-7,10,12,17,19H,8,13-15H2,1-3H3,(H,24,25);3-9,18,20,23H,2,10-13H2,1H3,(H,22,24);3-5,7-8,13,15,17,19,23H,9-12H2,1-2H3,(H,22,24);;;;;/q5*-1;;;;;/t20-,21-;19-,22-,23?;17-,19-;18-,20-;15-,17-,19?;;;;;/m11111...../s1. The number of carbonyl (C=O) groups is 5. The third-order valence-corrected chi connectivity index (χ3v) is 29.1. The summed E-state index contributed by atoms with van der Waals surface area (Å²) in [5, 5.41) is 64.7. The van der Waals surface area contributed by atoms with E-state index in [2.05, 4.69) is 154 Å². The molecule has 16 rings (SSSR count). The summed E-state index contributed by atoms with van der Waals surface area (Å²) in [4.78, 5) is 70.6. The number of rotatable bonds is 39. The van der Waals surface area contributed by atoms with Gasteiger partial charge in [0.15, 0.2) is 11.5 Å². The first-order chi connectivity index (χ1) is 67.4.